The molecule has 0 aliphatic rings. The van der Waals surface area contributed by atoms with Crippen molar-refractivity contribution in [3.8, 4) is 28.3 Å². The van der Waals surface area contributed by atoms with Crippen molar-refractivity contribution in [2.24, 2.45) is 0 Å². The molecule has 0 atom stereocenters. The van der Waals surface area contributed by atoms with Crippen molar-refractivity contribution >= 4 is 33.1 Å². The van der Waals surface area contributed by atoms with E-state index >= 15 is 0 Å². The molecule has 8 rings (SSSR count). The van der Waals surface area contributed by atoms with Crippen LogP contribution in [0.5, 0.6) is 0 Å². The summed E-state index contributed by atoms with van der Waals surface area (Å²) in [5, 5.41) is 1.99. The number of rotatable bonds is 4. The molecule has 4 heterocycles. The Balaban J connectivity index is 0.000000231. The standard InChI is InChI=1S/C26H19N4O.C11H8N.Ir/c1-16(2)17-11-12-19-20-9-6-10-21(24(20)31-23(19)13-17)26-29-25-22(14-27-15-28-25)30(26)18-7-4-3-5-8-18;1-2-6-10(7-3-1)11-8-4-5-9-12-11;/h3-9,11-16H,1-2H3;1-6,8-9H;/q2*-1;/i16D;;. The van der Waals surface area contributed by atoms with Gasteiger partial charge in [-0.1, -0.05) is 67.3 Å². The third kappa shape index (κ3) is 5.55. The van der Waals surface area contributed by atoms with E-state index in [9.17, 15) is 0 Å². The quantitative estimate of drug-likeness (QED) is 0.168. The summed E-state index contributed by atoms with van der Waals surface area (Å²) >= 11 is 0. The minimum absolute atomic E-state index is 0. The maximum Gasteiger partial charge on any atom is 0.171 e. The Bertz CT molecular complexity index is 2170. The number of hydrogen-bond donors (Lipinski definition) is 0. The van der Waals surface area contributed by atoms with Crippen LogP contribution in [0.1, 0.15) is 26.7 Å². The van der Waals surface area contributed by atoms with Crippen molar-refractivity contribution < 1.29 is 25.9 Å². The number of benzene rings is 4. The van der Waals surface area contributed by atoms with E-state index in [0.717, 1.165) is 49.9 Å². The molecule has 0 spiro atoms. The summed E-state index contributed by atoms with van der Waals surface area (Å²) in [7, 11) is 0. The molecule has 8 aromatic rings. The van der Waals surface area contributed by atoms with Gasteiger partial charge in [-0.25, -0.2) is 9.97 Å². The molecule has 7 heteroatoms. The van der Waals surface area contributed by atoms with Gasteiger partial charge in [0.25, 0.3) is 0 Å². The molecule has 0 fully saturated rings. The summed E-state index contributed by atoms with van der Waals surface area (Å²) < 4.78 is 16.8. The molecule has 0 amide bonds. The van der Waals surface area contributed by atoms with Crippen LogP contribution in [0.4, 0.5) is 0 Å². The van der Waals surface area contributed by atoms with Gasteiger partial charge in [0.1, 0.15) is 17.4 Å². The van der Waals surface area contributed by atoms with Crippen LogP contribution in [0.2, 0.25) is 0 Å². The predicted octanol–water partition coefficient (Wildman–Crippen LogP) is 8.85. The minimum Gasteiger partial charge on any atom is -0.501 e. The van der Waals surface area contributed by atoms with Crippen LogP contribution < -0.4 is 0 Å². The molecule has 217 valence electrons. The van der Waals surface area contributed by atoms with Gasteiger partial charge in [-0.3, -0.25) is 4.98 Å². The van der Waals surface area contributed by atoms with Crippen molar-refractivity contribution in [2.75, 3.05) is 0 Å². The number of aromatic nitrogens is 5. The molecule has 4 aromatic heterocycles. The van der Waals surface area contributed by atoms with Gasteiger partial charge in [0.2, 0.25) is 0 Å². The summed E-state index contributed by atoms with van der Waals surface area (Å²) in [6.07, 6.45) is 5.06. The largest absolute Gasteiger partial charge is 0.501 e. The van der Waals surface area contributed by atoms with Crippen LogP contribution in [-0.4, -0.2) is 24.5 Å². The van der Waals surface area contributed by atoms with Gasteiger partial charge in [0.15, 0.2) is 5.65 Å². The minimum atomic E-state index is -0.706. The van der Waals surface area contributed by atoms with Crippen molar-refractivity contribution in [2.45, 2.75) is 19.7 Å². The number of pyridine rings is 1. The van der Waals surface area contributed by atoms with E-state index < -0.39 is 5.89 Å². The first-order valence-corrected chi connectivity index (χ1v) is 14.0. The van der Waals surface area contributed by atoms with Crippen molar-refractivity contribution in [3.05, 3.63) is 140 Å². The van der Waals surface area contributed by atoms with Crippen molar-refractivity contribution in [1.29, 1.82) is 0 Å². The maximum absolute atomic E-state index is 8.37. The van der Waals surface area contributed by atoms with Crippen LogP contribution in [0.3, 0.4) is 0 Å². The molecule has 0 aliphatic heterocycles. The van der Waals surface area contributed by atoms with Crippen LogP contribution in [-0.2, 0) is 20.1 Å². The molecular weight excluding hydrogens is 723 g/mol. The van der Waals surface area contributed by atoms with E-state index in [0.29, 0.717) is 17.1 Å². The molecule has 0 saturated carbocycles. The van der Waals surface area contributed by atoms with Crippen LogP contribution in [0.25, 0.3) is 61.4 Å². The molecule has 0 unspecified atom stereocenters. The molecule has 1 radical (unpaired) electrons. The number of furan rings is 1. The fourth-order valence-corrected chi connectivity index (χ4v) is 5.12. The molecule has 6 nitrogen and oxygen atoms in total. The second-order valence-corrected chi connectivity index (χ2v) is 10.2. The number of hydrogen-bond acceptors (Lipinski definition) is 5. The molecule has 44 heavy (non-hydrogen) atoms. The van der Waals surface area contributed by atoms with E-state index in [-0.39, 0.29) is 20.1 Å². The van der Waals surface area contributed by atoms with Crippen molar-refractivity contribution in [3.63, 3.8) is 0 Å². The topological polar surface area (TPSA) is 69.6 Å². The average molecular weight is 751 g/mol. The van der Waals surface area contributed by atoms with Gasteiger partial charge < -0.3 is 14.0 Å². The Morgan fingerprint density at radius 3 is 2.45 bits per heavy atom. The van der Waals surface area contributed by atoms with Gasteiger partial charge in [0, 0.05) is 38.7 Å². The molecule has 0 saturated heterocycles. The summed E-state index contributed by atoms with van der Waals surface area (Å²) in [5.41, 5.74) is 7.51. The first-order valence-electron chi connectivity index (χ1n) is 14.5. The third-order valence-electron chi connectivity index (χ3n) is 7.24. The van der Waals surface area contributed by atoms with Gasteiger partial charge in [-0.2, -0.15) is 0 Å². The van der Waals surface area contributed by atoms with Crippen LogP contribution in [0, 0.1) is 12.1 Å². The van der Waals surface area contributed by atoms with Gasteiger partial charge in [0.05, 0.1) is 17.6 Å². The number of imidazole rings is 1. The zero-order valence-electron chi connectivity index (χ0n) is 25.0. The number of para-hydroxylation sites is 1. The second kappa shape index (κ2) is 12.7. The smallest absolute Gasteiger partial charge is 0.171 e. The van der Waals surface area contributed by atoms with Crippen molar-refractivity contribution in [1.82, 2.24) is 24.5 Å². The van der Waals surface area contributed by atoms with E-state index in [1.807, 2.05) is 122 Å². The Kier molecular flexibility index (Phi) is 8.05. The molecule has 0 bridgehead atoms. The summed E-state index contributed by atoms with van der Waals surface area (Å²) in [6.45, 7) is 3.75. The van der Waals surface area contributed by atoms with E-state index in [1.54, 1.807) is 12.4 Å². The maximum atomic E-state index is 8.37. The summed E-state index contributed by atoms with van der Waals surface area (Å²) in [5.74, 6) is -0.0142. The average Bonchev–Trinajstić information content (AvgIpc) is 3.64. The summed E-state index contributed by atoms with van der Waals surface area (Å²) in [4.78, 5) is 17.6. The SMILES string of the molecule is [2H]C(C)(C)c1ccc2c(c1)oc1c(-c3nc4ncncc4n3-c3ccccc3)[c-]ccc12.[Ir].[c-]1ccccc1-c1ccccn1. The predicted molar refractivity (Wildman–Crippen MR) is 171 cm³/mol. The Morgan fingerprint density at radius 2 is 1.68 bits per heavy atom. The number of nitrogens with zero attached hydrogens (tertiary/aromatic N) is 5. The first-order chi connectivity index (χ1) is 21.5. The zero-order chi connectivity index (χ0) is 30.1. The fourth-order valence-electron chi connectivity index (χ4n) is 5.12. The monoisotopic (exact) mass is 751 g/mol. The second-order valence-electron chi connectivity index (χ2n) is 10.2. The van der Waals surface area contributed by atoms with Crippen LogP contribution in [0.15, 0.2) is 126 Å². The van der Waals surface area contributed by atoms with E-state index in [1.165, 1.54) is 6.33 Å². The van der Waals surface area contributed by atoms with Gasteiger partial charge in [-0.05, 0) is 41.4 Å². The third-order valence-corrected chi connectivity index (χ3v) is 7.24. The Morgan fingerprint density at radius 1 is 0.841 bits per heavy atom. The van der Waals surface area contributed by atoms with E-state index in [4.69, 9.17) is 10.8 Å². The zero-order valence-corrected chi connectivity index (χ0v) is 26.4. The molecule has 0 N–H and O–H groups in total. The Hall–Kier alpha value is -4.97. The van der Waals surface area contributed by atoms with Gasteiger partial charge >= 0.3 is 0 Å². The van der Waals surface area contributed by atoms with E-state index in [2.05, 4.69) is 27.1 Å². The molecular formula is C37H27IrN5O-2. The number of fused-ring (bicyclic) bond motifs is 4. The normalized spacial score (nSPS) is 11.5. The molecule has 0 aliphatic carbocycles. The van der Waals surface area contributed by atoms with Crippen LogP contribution >= 0.6 is 0 Å². The first kappa shape index (κ1) is 27.8. The fraction of sp³-hybridized carbons (Fsp3) is 0.0811. The Labute approximate surface area is 270 Å². The molecule has 4 aromatic carbocycles. The van der Waals surface area contributed by atoms with Gasteiger partial charge in [-0.15, -0.1) is 54.1 Å². The summed E-state index contributed by atoms with van der Waals surface area (Å²) in [6, 6.07) is 40.1.